The van der Waals surface area contributed by atoms with E-state index in [0.29, 0.717) is 5.56 Å². The van der Waals surface area contributed by atoms with Crippen molar-refractivity contribution in [1.82, 2.24) is 4.98 Å². The fourth-order valence-electron chi connectivity index (χ4n) is 2.24. The van der Waals surface area contributed by atoms with Crippen LogP contribution in [0.2, 0.25) is 0 Å². The summed E-state index contributed by atoms with van der Waals surface area (Å²) in [4.78, 5) is 4.10. The van der Waals surface area contributed by atoms with Crippen LogP contribution in [0, 0.1) is 11.6 Å². The van der Waals surface area contributed by atoms with Crippen LogP contribution in [-0.4, -0.2) is 18.7 Å². The van der Waals surface area contributed by atoms with E-state index in [9.17, 15) is 17.2 Å². The Balaban J connectivity index is 2.11. The van der Waals surface area contributed by atoms with Gasteiger partial charge in [-0.2, -0.15) is 4.98 Å². The fraction of sp³-hybridized carbons (Fsp3) is 0.211. The van der Waals surface area contributed by atoms with Gasteiger partial charge in [0, 0.05) is 10.8 Å². The first-order valence-electron chi connectivity index (χ1n) is 8.25. The Morgan fingerprint density at radius 3 is 2.15 bits per heavy atom. The lowest BCUT2D eigenvalue weighted by atomic mass is 10.2. The fourth-order valence-corrected chi connectivity index (χ4v) is 4.70. The molecule has 3 aromatic rings. The van der Waals surface area contributed by atoms with Crippen molar-refractivity contribution in [2.45, 2.75) is 40.5 Å². The van der Waals surface area contributed by atoms with Crippen molar-refractivity contribution in [3.8, 4) is 11.5 Å². The highest BCUT2D eigenvalue weighted by Crippen LogP contribution is 2.37. The van der Waals surface area contributed by atoms with E-state index in [0.717, 1.165) is 18.6 Å². The van der Waals surface area contributed by atoms with Crippen LogP contribution in [-0.2, 0) is 9.84 Å². The minimum absolute atomic E-state index is 0.0751. The molecular formula is C19H17F2NO3S2. The van der Waals surface area contributed by atoms with Gasteiger partial charge >= 0.3 is 0 Å². The van der Waals surface area contributed by atoms with Crippen molar-refractivity contribution in [2.75, 3.05) is 0 Å². The summed E-state index contributed by atoms with van der Waals surface area (Å²) in [6.07, 6.45) is 0.799. The van der Waals surface area contributed by atoms with Gasteiger partial charge in [0.25, 0.3) is 0 Å². The molecule has 0 aliphatic carbocycles. The highest BCUT2D eigenvalue weighted by Gasteiger charge is 2.29. The smallest absolute Gasteiger partial charge is 0.228 e. The number of halogens is 2. The molecule has 2 aromatic carbocycles. The number of hydrogen-bond donors (Lipinski definition) is 0. The molecule has 3 rings (SSSR count). The van der Waals surface area contributed by atoms with E-state index >= 15 is 0 Å². The van der Waals surface area contributed by atoms with Gasteiger partial charge in [-0.3, -0.25) is 0 Å². The molecule has 0 spiro atoms. The van der Waals surface area contributed by atoms with E-state index in [2.05, 4.69) is 4.98 Å². The van der Waals surface area contributed by atoms with Gasteiger partial charge in [-0.1, -0.05) is 25.6 Å². The van der Waals surface area contributed by atoms with Crippen molar-refractivity contribution in [3.05, 3.63) is 60.2 Å². The third kappa shape index (κ3) is 4.22. The minimum Gasteiger partial charge on any atom is -0.428 e. The first-order valence-corrected chi connectivity index (χ1v) is 10.6. The number of benzene rings is 2. The summed E-state index contributed by atoms with van der Waals surface area (Å²) in [6.45, 7) is 3.92. The van der Waals surface area contributed by atoms with Gasteiger partial charge in [0.2, 0.25) is 25.8 Å². The summed E-state index contributed by atoms with van der Waals surface area (Å²) in [5, 5.41) is 0.0351. The molecule has 0 saturated heterocycles. The normalized spacial score (nSPS) is 12.9. The molecule has 4 nitrogen and oxygen atoms in total. The Morgan fingerprint density at radius 1 is 1.04 bits per heavy atom. The quantitative estimate of drug-likeness (QED) is 0.406. The van der Waals surface area contributed by atoms with E-state index in [1.165, 1.54) is 48.2 Å². The van der Waals surface area contributed by atoms with Crippen LogP contribution >= 0.6 is 11.8 Å². The number of hydrogen-bond acceptors (Lipinski definition) is 5. The van der Waals surface area contributed by atoms with Gasteiger partial charge in [-0.15, -0.1) is 0 Å². The highest BCUT2D eigenvalue weighted by atomic mass is 32.2. The largest absolute Gasteiger partial charge is 0.428 e. The standard InChI is InChI=1S/C19H17F2NO3S2/c1-3-12(2)26-19-18(27(23,24)16-10-8-15(21)9-11-16)22-17(25-19)13-4-6-14(20)7-5-13/h4-12H,3H2,1-2H3/t12-/m1/s1. The van der Waals surface area contributed by atoms with Gasteiger partial charge in [-0.25, -0.2) is 17.2 Å². The minimum atomic E-state index is -4.00. The number of oxazole rings is 1. The molecule has 0 bridgehead atoms. The maximum atomic E-state index is 13.2. The van der Waals surface area contributed by atoms with Crippen molar-refractivity contribution >= 4 is 21.6 Å². The third-order valence-electron chi connectivity index (χ3n) is 3.92. The molecule has 142 valence electrons. The summed E-state index contributed by atoms with van der Waals surface area (Å²) >= 11 is 1.26. The van der Waals surface area contributed by atoms with Crippen LogP contribution in [0.5, 0.6) is 0 Å². The van der Waals surface area contributed by atoms with Gasteiger partial charge in [0.05, 0.1) is 4.90 Å². The first-order chi connectivity index (χ1) is 12.8. The Hall–Kier alpha value is -2.19. The Bertz CT molecular complexity index is 1030. The second-order valence-corrected chi connectivity index (χ2v) is 9.19. The third-order valence-corrected chi connectivity index (χ3v) is 6.95. The van der Waals surface area contributed by atoms with Crippen molar-refractivity contribution in [1.29, 1.82) is 0 Å². The molecule has 8 heteroatoms. The molecule has 0 unspecified atom stereocenters. The van der Waals surface area contributed by atoms with Crippen molar-refractivity contribution in [3.63, 3.8) is 0 Å². The second-order valence-electron chi connectivity index (χ2n) is 5.91. The molecule has 0 amide bonds. The maximum absolute atomic E-state index is 13.2. The molecule has 1 atom stereocenters. The van der Waals surface area contributed by atoms with Crippen LogP contribution < -0.4 is 0 Å². The summed E-state index contributed by atoms with van der Waals surface area (Å²) in [6, 6.07) is 9.96. The molecular weight excluding hydrogens is 392 g/mol. The van der Waals surface area contributed by atoms with E-state index < -0.39 is 21.5 Å². The summed E-state index contributed by atoms with van der Waals surface area (Å²) < 4.78 is 58.1. The number of sulfone groups is 1. The predicted octanol–water partition coefficient (Wildman–Crippen LogP) is 5.34. The Labute approximate surface area is 160 Å². The molecule has 0 fully saturated rings. The summed E-state index contributed by atoms with van der Waals surface area (Å²) in [7, 11) is -4.00. The van der Waals surface area contributed by atoms with E-state index in [-0.39, 0.29) is 26.2 Å². The van der Waals surface area contributed by atoms with Crippen LogP contribution in [0.15, 0.2) is 68.0 Å². The average Bonchev–Trinajstić information content (AvgIpc) is 3.07. The lowest BCUT2D eigenvalue weighted by Crippen LogP contribution is -2.05. The number of thioether (sulfide) groups is 1. The monoisotopic (exact) mass is 409 g/mol. The van der Waals surface area contributed by atoms with Gasteiger partial charge in [0.15, 0.2) is 0 Å². The second kappa shape index (κ2) is 7.82. The zero-order chi connectivity index (χ0) is 19.6. The van der Waals surface area contributed by atoms with Crippen LogP contribution in [0.1, 0.15) is 20.3 Å². The lowest BCUT2D eigenvalue weighted by Gasteiger charge is -2.07. The number of rotatable bonds is 6. The molecule has 27 heavy (non-hydrogen) atoms. The van der Waals surface area contributed by atoms with Gasteiger partial charge in [0.1, 0.15) is 11.6 Å². The maximum Gasteiger partial charge on any atom is 0.228 e. The van der Waals surface area contributed by atoms with Gasteiger partial charge in [-0.05, 0) is 55.0 Å². The molecule has 1 heterocycles. The van der Waals surface area contributed by atoms with Crippen LogP contribution in [0.25, 0.3) is 11.5 Å². The number of nitrogens with zero attached hydrogens (tertiary/aromatic N) is 1. The van der Waals surface area contributed by atoms with Crippen LogP contribution in [0.3, 0.4) is 0 Å². The SMILES string of the molecule is CC[C@@H](C)Sc1oc(-c2ccc(F)cc2)nc1S(=O)(=O)c1ccc(F)cc1. The Kier molecular flexibility index (Phi) is 5.67. The zero-order valence-electron chi connectivity index (χ0n) is 14.6. The van der Waals surface area contributed by atoms with E-state index in [4.69, 9.17) is 4.42 Å². The first kappa shape index (κ1) is 19.6. The summed E-state index contributed by atoms with van der Waals surface area (Å²) in [5.41, 5.74) is 0.461. The lowest BCUT2D eigenvalue weighted by molar-refractivity contribution is 0.469. The molecule has 0 N–H and O–H groups in total. The Morgan fingerprint density at radius 2 is 1.59 bits per heavy atom. The van der Waals surface area contributed by atoms with Crippen LogP contribution in [0.4, 0.5) is 8.78 Å². The average molecular weight is 409 g/mol. The topological polar surface area (TPSA) is 60.2 Å². The molecule has 0 saturated carbocycles. The van der Waals surface area contributed by atoms with Crippen molar-refractivity contribution < 1.29 is 21.6 Å². The van der Waals surface area contributed by atoms with E-state index in [1.54, 1.807) is 0 Å². The van der Waals surface area contributed by atoms with Gasteiger partial charge < -0.3 is 4.42 Å². The molecule has 0 aliphatic rings. The van der Waals surface area contributed by atoms with E-state index in [1.807, 2.05) is 13.8 Å². The molecule has 1 aromatic heterocycles. The number of aromatic nitrogens is 1. The predicted molar refractivity (Wildman–Crippen MR) is 99.4 cm³/mol. The summed E-state index contributed by atoms with van der Waals surface area (Å²) in [5.74, 6) is -0.865. The molecule has 0 aliphatic heterocycles. The zero-order valence-corrected chi connectivity index (χ0v) is 16.3. The molecule has 0 radical (unpaired) electrons. The van der Waals surface area contributed by atoms with Crippen molar-refractivity contribution in [2.24, 2.45) is 0 Å². The highest BCUT2D eigenvalue weighted by molar-refractivity contribution is 8.00.